The second kappa shape index (κ2) is 8.87. The largest absolute Gasteiger partial charge is 0.385 e. The van der Waals surface area contributed by atoms with Gasteiger partial charge in [-0.1, -0.05) is 0 Å². The first-order chi connectivity index (χ1) is 9.15. The molecular formula is C13H25N3O3. The van der Waals surface area contributed by atoms with Crippen LogP contribution in [0.2, 0.25) is 0 Å². The predicted molar refractivity (Wildman–Crippen MR) is 72.5 cm³/mol. The van der Waals surface area contributed by atoms with Crippen LogP contribution in [0.25, 0.3) is 0 Å². The highest BCUT2D eigenvalue weighted by Crippen LogP contribution is 2.09. The number of nitrogens with zero attached hydrogens (tertiary/aromatic N) is 1. The van der Waals surface area contributed by atoms with Crippen LogP contribution in [0.1, 0.15) is 32.1 Å². The van der Waals surface area contributed by atoms with Crippen LogP contribution >= 0.6 is 0 Å². The number of hydrogen-bond acceptors (Lipinski definition) is 4. The smallest absolute Gasteiger partial charge is 0.237 e. The van der Waals surface area contributed by atoms with Crippen LogP contribution in [0.4, 0.5) is 0 Å². The zero-order valence-electron chi connectivity index (χ0n) is 11.7. The van der Waals surface area contributed by atoms with E-state index < -0.39 is 6.04 Å². The van der Waals surface area contributed by atoms with E-state index >= 15 is 0 Å². The second-order valence-corrected chi connectivity index (χ2v) is 4.87. The van der Waals surface area contributed by atoms with Crippen LogP contribution in [0, 0.1) is 0 Å². The molecule has 2 amide bonds. The van der Waals surface area contributed by atoms with Gasteiger partial charge in [-0.25, -0.2) is 0 Å². The summed E-state index contributed by atoms with van der Waals surface area (Å²) in [4.78, 5) is 25.3. The van der Waals surface area contributed by atoms with E-state index in [1.165, 1.54) is 6.42 Å². The second-order valence-electron chi connectivity index (χ2n) is 4.87. The predicted octanol–water partition coefficient (Wildman–Crippen LogP) is -0.131. The molecule has 1 heterocycles. The topological polar surface area (TPSA) is 84.7 Å². The van der Waals surface area contributed by atoms with Crippen molar-refractivity contribution in [2.24, 2.45) is 5.73 Å². The third kappa shape index (κ3) is 6.02. The van der Waals surface area contributed by atoms with Crippen LogP contribution in [0.3, 0.4) is 0 Å². The Labute approximate surface area is 114 Å². The van der Waals surface area contributed by atoms with E-state index in [-0.39, 0.29) is 11.8 Å². The Bertz CT molecular complexity index is 291. The highest BCUT2D eigenvalue weighted by Gasteiger charge is 2.17. The molecule has 1 aliphatic rings. The van der Waals surface area contributed by atoms with Crippen molar-refractivity contribution in [1.29, 1.82) is 0 Å². The number of piperidine rings is 1. The van der Waals surface area contributed by atoms with Gasteiger partial charge in [0.2, 0.25) is 11.8 Å². The first-order valence-electron chi connectivity index (χ1n) is 6.95. The lowest BCUT2D eigenvalue weighted by molar-refractivity contribution is -0.132. The maximum Gasteiger partial charge on any atom is 0.237 e. The van der Waals surface area contributed by atoms with Gasteiger partial charge < -0.3 is 20.7 Å². The van der Waals surface area contributed by atoms with Crippen molar-refractivity contribution < 1.29 is 14.3 Å². The fraction of sp³-hybridized carbons (Fsp3) is 0.846. The Morgan fingerprint density at radius 2 is 2.00 bits per heavy atom. The Morgan fingerprint density at radius 3 is 2.63 bits per heavy atom. The number of carbonyl (C=O) groups excluding carboxylic acids is 2. The molecule has 0 aromatic carbocycles. The molecule has 1 rings (SSSR count). The molecule has 0 bridgehead atoms. The SMILES string of the molecule is COCCC(N)C(=O)NCCC(=O)N1CCCCC1. The van der Waals surface area contributed by atoms with E-state index in [0.29, 0.717) is 26.0 Å². The minimum absolute atomic E-state index is 0.116. The summed E-state index contributed by atoms with van der Waals surface area (Å²) in [6, 6.07) is -0.565. The molecule has 1 atom stereocenters. The quantitative estimate of drug-likeness (QED) is 0.675. The molecule has 0 aromatic heterocycles. The molecule has 110 valence electrons. The summed E-state index contributed by atoms with van der Waals surface area (Å²) in [6.45, 7) is 2.51. The average molecular weight is 271 g/mol. The molecule has 19 heavy (non-hydrogen) atoms. The zero-order valence-corrected chi connectivity index (χ0v) is 11.7. The lowest BCUT2D eigenvalue weighted by Gasteiger charge is -2.26. The Hall–Kier alpha value is -1.14. The number of carbonyl (C=O) groups is 2. The van der Waals surface area contributed by atoms with Gasteiger partial charge in [0.15, 0.2) is 0 Å². The van der Waals surface area contributed by atoms with Gasteiger partial charge in [-0.3, -0.25) is 9.59 Å². The number of rotatable bonds is 7. The summed E-state index contributed by atoms with van der Waals surface area (Å²) in [7, 11) is 1.57. The molecule has 0 radical (unpaired) electrons. The summed E-state index contributed by atoms with van der Waals surface area (Å²) < 4.78 is 4.86. The van der Waals surface area contributed by atoms with Crippen molar-refractivity contribution in [3.05, 3.63) is 0 Å². The lowest BCUT2D eigenvalue weighted by Crippen LogP contribution is -2.43. The van der Waals surface area contributed by atoms with E-state index in [2.05, 4.69) is 5.32 Å². The number of nitrogens with two attached hydrogens (primary N) is 1. The molecule has 6 heteroatoms. The van der Waals surface area contributed by atoms with E-state index in [1.807, 2.05) is 4.90 Å². The molecule has 1 saturated heterocycles. The molecule has 0 saturated carbocycles. The van der Waals surface area contributed by atoms with Crippen molar-refractivity contribution in [3.8, 4) is 0 Å². The number of nitrogens with one attached hydrogen (secondary N) is 1. The maximum absolute atomic E-state index is 11.8. The molecular weight excluding hydrogens is 246 g/mol. The van der Waals surface area contributed by atoms with E-state index in [0.717, 1.165) is 25.9 Å². The first kappa shape index (κ1) is 15.9. The zero-order chi connectivity index (χ0) is 14.1. The number of ether oxygens (including phenoxy) is 1. The molecule has 0 aliphatic carbocycles. The van der Waals surface area contributed by atoms with Crippen LogP contribution in [0.15, 0.2) is 0 Å². The van der Waals surface area contributed by atoms with Crippen LogP contribution in [-0.4, -0.2) is 56.1 Å². The number of hydrogen-bond donors (Lipinski definition) is 2. The van der Waals surface area contributed by atoms with Crippen LogP contribution < -0.4 is 11.1 Å². The highest BCUT2D eigenvalue weighted by molar-refractivity contribution is 5.82. The molecule has 1 unspecified atom stereocenters. The number of amides is 2. The maximum atomic E-state index is 11.8. The molecule has 0 spiro atoms. The fourth-order valence-corrected chi connectivity index (χ4v) is 2.10. The highest BCUT2D eigenvalue weighted by atomic mass is 16.5. The van der Waals surface area contributed by atoms with Crippen molar-refractivity contribution in [3.63, 3.8) is 0 Å². The standard InChI is InChI=1S/C13H25N3O3/c1-19-10-6-11(14)13(18)15-7-5-12(17)16-8-3-2-4-9-16/h11H,2-10,14H2,1H3,(H,15,18). The van der Waals surface area contributed by atoms with Gasteiger partial charge in [0, 0.05) is 39.8 Å². The summed E-state index contributed by atoms with van der Waals surface area (Å²) in [5.41, 5.74) is 5.68. The third-order valence-electron chi connectivity index (χ3n) is 3.32. The van der Waals surface area contributed by atoms with Gasteiger partial charge >= 0.3 is 0 Å². The molecule has 0 aromatic rings. The normalized spacial score (nSPS) is 17.1. The van der Waals surface area contributed by atoms with Gasteiger partial charge in [0.1, 0.15) is 0 Å². The molecule has 1 fully saturated rings. The van der Waals surface area contributed by atoms with E-state index in [9.17, 15) is 9.59 Å². The number of likely N-dealkylation sites (tertiary alicyclic amines) is 1. The van der Waals surface area contributed by atoms with Gasteiger partial charge in [-0.2, -0.15) is 0 Å². The van der Waals surface area contributed by atoms with E-state index in [1.54, 1.807) is 7.11 Å². The van der Waals surface area contributed by atoms with Crippen LogP contribution in [0.5, 0.6) is 0 Å². The van der Waals surface area contributed by atoms with Crippen LogP contribution in [-0.2, 0) is 14.3 Å². The fourth-order valence-electron chi connectivity index (χ4n) is 2.10. The minimum Gasteiger partial charge on any atom is -0.385 e. The summed E-state index contributed by atoms with van der Waals surface area (Å²) in [5.74, 6) is -0.103. The number of methoxy groups -OCH3 is 1. The van der Waals surface area contributed by atoms with Crippen molar-refractivity contribution in [2.75, 3.05) is 33.4 Å². The minimum atomic E-state index is -0.565. The van der Waals surface area contributed by atoms with Gasteiger partial charge in [0.25, 0.3) is 0 Å². The van der Waals surface area contributed by atoms with Crippen molar-refractivity contribution >= 4 is 11.8 Å². The lowest BCUT2D eigenvalue weighted by atomic mass is 10.1. The average Bonchev–Trinajstić information content (AvgIpc) is 2.45. The van der Waals surface area contributed by atoms with Gasteiger partial charge in [-0.05, 0) is 25.7 Å². The summed E-state index contributed by atoms with van der Waals surface area (Å²) in [5, 5.41) is 2.69. The molecule has 1 aliphatic heterocycles. The van der Waals surface area contributed by atoms with E-state index in [4.69, 9.17) is 10.5 Å². The Kier molecular flexibility index (Phi) is 7.43. The Balaban J connectivity index is 2.14. The summed E-state index contributed by atoms with van der Waals surface area (Å²) in [6.07, 6.45) is 4.21. The summed E-state index contributed by atoms with van der Waals surface area (Å²) >= 11 is 0. The van der Waals surface area contributed by atoms with Crippen molar-refractivity contribution in [2.45, 2.75) is 38.1 Å². The molecule has 6 nitrogen and oxygen atoms in total. The van der Waals surface area contributed by atoms with Gasteiger partial charge in [-0.15, -0.1) is 0 Å². The molecule has 3 N–H and O–H groups in total. The Morgan fingerprint density at radius 1 is 1.32 bits per heavy atom. The third-order valence-corrected chi connectivity index (χ3v) is 3.32. The van der Waals surface area contributed by atoms with Gasteiger partial charge in [0.05, 0.1) is 6.04 Å². The first-order valence-corrected chi connectivity index (χ1v) is 6.95. The van der Waals surface area contributed by atoms with Crippen molar-refractivity contribution in [1.82, 2.24) is 10.2 Å². The monoisotopic (exact) mass is 271 g/mol.